The Hall–Kier alpha value is -2.30. The van der Waals surface area contributed by atoms with Crippen LogP contribution in [0.15, 0.2) is 41.5 Å². The van der Waals surface area contributed by atoms with Crippen molar-refractivity contribution in [3.8, 4) is 11.3 Å². The molecule has 0 radical (unpaired) electrons. The molecule has 0 atom stereocenters. The highest BCUT2D eigenvalue weighted by Gasteiger charge is 2.09. The maximum absolute atomic E-state index is 5.91. The van der Waals surface area contributed by atoms with Crippen molar-refractivity contribution in [1.29, 1.82) is 0 Å². The zero-order valence-electron chi connectivity index (χ0n) is 13.6. The van der Waals surface area contributed by atoms with Crippen LogP contribution >= 0.6 is 0 Å². The number of rotatable bonds is 6. The molecule has 0 amide bonds. The van der Waals surface area contributed by atoms with Crippen LogP contribution in [0.3, 0.4) is 0 Å². The predicted molar refractivity (Wildman–Crippen MR) is 91.4 cm³/mol. The van der Waals surface area contributed by atoms with Crippen LogP contribution in [-0.2, 0) is 13.6 Å². The molecule has 2 aromatic rings. The van der Waals surface area contributed by atoms with Gasteiger partial charge in [0.15, 0.2) is 5.96 Å². The van der Waals surface area contributed by atoms with Crippen LogP contribution in [0.25, 0.3) is 11.3 Å². The van der Waals surface area contributed by atoms with Crippen LogP contribution in [0.2, 0.25) is 0 Å². The number of benzene rings is 1. The Bertz CT molecular complexity index is 613. The highest BCUT2D eigenvalue weighted by Crippen LogP contribution is 2.22. The normalized spacial score (nSPS) is 11.9. The Balaban J connectivity index is 2.04. The fraction of sp³-hybridized carbons (Fsp3) is 0.412. The summed E-state index contributed by atoms with van der Waals surface area (Å²) in [5, 5.41) is 7.68. The van der Waals surface area contributed by atoms with Crippen molar-refractivity contribution in [3.05, 3.63) is 42.1 Å². The fourth-order valence-electron chi connectivity index (χ4n) is 2.21. The minimum absolute atomic E-state index is 0.489. The molecule has 0 aliphatic rings. The maximum Gasteiger partial charge on any atom is 0.188 e. The second kappa shape index (κ2) is 7.64. The Labute approximate surface area is 132 Å². The molecule has 0 fully saturated rings. The lowest BCUT2D eigenvalue weighted by Crippen LogP contribution is -2.32. The van der Waals surface area contributed by atoms with Crippen molar-refractivity contribution in [2.75, 3.05) is 6.54 Å². The molecule has 1 heterocycles. The molecule has 5 heteroatoms. The van der Waals surface area contributed by atoms with Gasteiger partial charge in [0.1, 0.15) is 0 Å². The lowest BCUT2D eigenvalue weighted by Gasteiger charge is -2.07. The van der Waals surface area contributed by atoms with Crippen LogP contribution in [0, 0.1) is 5.92 Å². The standard InChI is InChI=1S/C17H25N5/c1-13(2)9-10-19-17(18)20-11-15-12-22(3)21-16(15)14-7-5-4-6-8-14/h4-8,12-13H,9-11H2,1-3H3,(H3,18,19,20). The number of guanidine groups is 1. The van der Waals surface area contributed by atoms with E-state index >= 15 is 0 Å². The molecule has 0 saturated carbocycles. The minimum atomic E-state index is 0.489. The lowest BCUT2D eigenvalue weighted by atomic mass is 10.1. The molecular weight excluding hydrogens is 274 g/mol. The summed E-state index contributed by atoms with van der Waals surface area (Å²) in [4.78, 5) is 4.42. The monoisotopic (exact) mass is 299 g/mol. The minimum Gasteiger partial charge on any atom is -0.370 e. The van der Waals surface area contributed by atoms with Gasteiger partial charge >= 0.3 is 0 Å². The molecule has 5 nitrogen and oxygen atoms in total. The topological polar surface area (TPSA) is 68.2 Å². The van der Waals surface area contributed by atoms with Gasteiger partial charge in [-0.05, 0) is 12.3 Å². The quantitative estimate of drug-likeness (QED) is 0.636. The third kappa shape index (κ3) is 4.62. The van der Waals surface area contributed by atoms with Crippen LogP contribution in [0.1, 0.15) is 25.8 Å². The predicted octanol–water partition coefficient (Wildman–Crippen LogP) is 2.54. The molecule has 3 N–H and O–H groups in total. The van der Waals surface area contributed by atoms with E-state index in [4.69, 9.17) is 5.73 Å². The maximum atomic E-state index is 5.91. The van der Waals surface area contributed by atoms with Crippen molar-refractivity contribution in [2.24, 2.45) is 23.7 Å². The van der Waals surface area contributed by atoms with Crippen molar-refractivity contribution in [2.45, 2.75) is 26.8 Å². The summed E-state index contributed by atoms with van der Waals surface area (Å²) >= 11 is 0. The van der Waals surface area contributed by atoms with E-state index in [2.05, 4.69) is 41.4 Å². The van der Waals surface area contributed by atoms with E-state index in [0.717, 1.165) is 29.8 Å². The first-order chi connectivity index (χ1) is 10.6. The molecule has 22 heavy (non-hydrogen) atoms. The van der Waals surface area contributed by atoms with Gasteiger partial charge in [0.25, 0.3) is 0 Å². The number of nitrogens with one attached hydrogen (secondary N) is 1. The third-order valence-electron chi connectivity index (χ3n) is 3.40. The first-order valence-corrected chi connectivity index (χ1v) is 7.68. The van der Waals surface area contributed by atoms with E-state index in [9.17, 15) is 0 Å². The molecule has 1 aromatic heterocycles. The summed E-state index contributed by atoms with van der Waals surface area (Å²) in [6.07, 6.45) is 3.08. The van der Waals surface area contributed by atoms with E-state index < -0.39 is 0 Å². The molecule has 0 unspecified atom stereocenters. The number of aromatic nitrogens is 2. The number of hydrogen-bond donors (Lipinski definition) is 2. The van der Waals surface area contributed by atoms with Gasteiger partial charge in [-0.15, -0.1) is 0 Å². The Morgan fingerprint density at radius 3 is 2.73 bits per heavy atom. The van der Waals surface area contributed by atoms with Crippen molar-refractivity contribution < 1.29 is 0 Å². The fourth-order valence-corrected chi connectivity index (χ4v) is 2.21. The molecular formula is C17H25N5. The summed E-state index contributed by atoms with van der Waals surface area (Å²) in [6.45, 7) is 5.76. The lowest BCUT2D eigenvalue weighted by molar-refractivity contribution is 0.576. The van der Waals surface area contributed by atoms with Crippen molar-refractivity contribution in [3.63, 3.8) is 0 Å². The van der Waals surface area contributed by atoms with E-state index in [1.807, 2.05) is 36.1 Å². The zero-order chi connectivity index (χ0) is 15.9. The highest BCUT2D eigenvalue weighted by molar-refractivity contribution is 5.78. The number of aliphatic imine (C=N–C) groups is 1. The van der Waals surface area contributed by atoms with E-state index in [-0.39, 0.29) is 0 Å². The van der Waals surface area contributed by atoms with Gasteiger partial charge in [-0.25, -0.2) is 4.99 Å². The van der Waals surface area contributed by atoms with E-state index in [1.165, 1.54) is 0 Å². The van der Waals surface area contributed by atoms with Crippen molar-refractivity contribution >= 4 is 5.96 Å². The Morgan fingerprint density at radius 2 is 2.05 bits per heavy atom. The summed E-state index contributed by atoms with van der Waals surface area (Å²) in [6, 6.07) is 10.1. The number of hydrogen-bond acceptors (Lipinski definition) is 2. The molecule has 1 aromatic carbocycles. The van der Waals surface area contributed by atoms with Gasteiger partial charge in [0.05, 0.1) is 12.2 Å². The molecule has 0 aliphatic carbocycles. The van der Waals surface area contributed by atoms with Gasteiger partial charge in [0, 0.05) is 30.9 Å². The van der Waals surface area contributed by atoms with Gasteiger partial charge in [-0.3, -0.25) is 4.68 Å². The largest absolute Gasteiger partial charge is 0.370 e. The highest BCUT2D eigenvalue weighted by atomic mass is 15.3. The number of nitrogens with zero attached hydrogens (tertiary/aromatic N) is 3. The summed E-state index contributed by atoms with van der Waals surface area (Å²) in [7, 11) is 1.92. The van der Waals surface area contributed by atoms with Gasteiger partial charge in [-0.1, -0.05) is 44.2 Å². The summed E-state index contributed by atoms with van der Waals surface area (Å²) in [5.41, 5.74) is 9.04. The van der Waals surface area contributed by atoms with Crippen LogP contribution in [0.4, 0.5) is 0 Å². The van der Waals surface area contributed by atoms with Crippen LogP contribution in [0.5, 0.6) is 0 Å². The second-order valence-corrected chi connectivity index (χ2v) is 5.85. The summed E-state index contributed by atoms with van der Waals surface area (Å²) in [5.74, 6) is 1.15. The molecule has 0 bridgehead atoms. The third-order valence-corrected chi connectivity index (χ3v) is 3.40. The van der Waals surface area contributed by atoms with Gasteiger partial charge < -0.3 is 11.1 Å². The Kier molecular flexibility index (Phi) is 5.58. The Morgan fingerprint density at radius 1 is 1.32 bits per heavy atom. The van der Waals surface area contributed by atoms with Crippen LogP contribution < -0.4 is 11.1 Å². The first-order valence-electron chi connectivity index (χ1n) is 7.68. The molecule has 0 aliphatic heterocycles. The second-order valence-electron chi connectivity index (χ2n) is 5.85. The van der Waals surface area contributed by atoms with E-state index in [1.54, 1.807) is 0 Å². The number of aryl methyl sites for hydroxylation is 1. The first kappa shape index (κ1) is 16.1. The zero-order valence-corrected chi connectivity index (χ0v) is 13.6. The molecule has 0 spiro atoms. The van der Waals surface area contributed by atoms with Gasteiger partial charge in [-0.2, -0.15) is 5.10 Å². The molecule has 2 rings (SSSR count). The van der Waals surface area contributed by atoms with Crippen molar-refractivity contribution in [1.82, 2.24) is 15.1 Å². The SMILES string of the molecule is CC(C)CCNC(N)=NCc1cn(C)nc1-c1ccccc1. The van der Waals surface area contributed by atoms with E-state index in [0.29, 0.717) is 18.4 Å². The average molecular weight is 299 g/mol. The molecule has 0 saturated heterocycles. The average Bonchev–Trinajstić information content (AvgIpc) is 2.87. The van der Waals surface area contributed by atoms with Crippen LogP contribution in [-0.4, -0.2) is 22.3 Å². The molecule has 118 valence electrons. The smallest absolute Gasteiger partial charge is 0.188 e. The van der Waals surface area contributed by atoms with Gasteiger partial charge in [0.2, 0.25) is 0 Å². The number of nitrogens with two attached hydrogens (primary N) is 1. The summed E-state index contributed by atoms with van der Waals surface area (Å²) < 4.78 is 1.82.